The summed E-state index contributed by atoms with van der Waals surface area (Å²) in [5, 5.41) is 20.4. The van der Waals surface area contributed by atoms with Crippen molar-refractivity contribution < 1.29 is 24.5 Å². The molecule has 1 aliphatic heterocycles. The van der Waals surface area contributed by atoms with Gasteiger partial charge in [0.05, 0.1) is 6.10 Å². The summed E-state index contributed by atoms with van der Waals surface area (Å²) in [5.74, 6) is -1.60. The van der Waals surface area contributed by atoms with Gasteiger partial charge in [0.15, 0.2) is 17.4 Å². The number of hydrogen-bond acceptors (Lipinski definition) is 5. The molecule has 1 unspecified atom stereocenters. The van der Waals surface area contributed by atoms with Gasteiger partial charge >= 0.3 is 0 Å². The Morgan fingerprint density at radius 3 is 2.71 bits per heavy atom. The Labute approximate surface area is 123 Å². The van der Waals surface area contributed by atoms with E-state index in [2.05, 4.69) is 0 Å². The zero-order chi connectivity index (χ0) is 15.5. The smallest absolute Gasteiger partial charge is 0.178 e. The third kappa shape index (κ3) is 4.20. The van der Waals surface area contributed by atoms with Gasteiger partial charge in [-0.3, -0.25) is 9.59 Å². The van der Waals surface area contributed by atoms with Crippen LogP contribution in [0.3, 0.4) is 0 Å². The molecule has 1 heterocycles. The first-order valence-electron chi connectivity index (χ1n) is 7.03. The Bertz CT molecular complexity index is 501. The first-order chi connectivity index (χ1) is 9.83. The minimum atomic E-state index is -1.42. The summed E-state index contributed by atoms with van der Waals surface area (Å²) < 4.78 is 5.70. The van der Waals surface area contributed by atoms with Crippen LogP contribution in [0.2, 0.25) is 0 Å². The highest BCUT2D eigenvalue weighted by Crippen LogP contribution is 2.42. The highest BCUT2D eigenvalue weighted by Gasteiger charge is 2.47. The summed E-state index contributed by atoms with van der Waals surface area (Å²) in [6.07, 6.45) is 9.61. The highest BCUT2D eigenvalue weighted by atomic mass is 16.6. The van der Waals surface area contributed by atoms with Crippen LogP contribution in [0.25, 0.3) is 0 Å². The lowest BCUT2D eigenvalue weighted by molar-refractivity contribution is -0.215. The van der Waals surface area contributed by atoms with Crippen LogP contribution in [0, 0.1) is 0 Å². The lowest BCUT2D eigenvalue weighted by atomic mass is 9.93. The van der Waals surface area contributed by atoms with Crippen molar-refractivity contribution in [3.63, 3.8) is 0 Å². The fourth-order valence-electron chi connectivity index (χ4n) is 2.62. The van der Waals surface area contributed by atoms with E-state index in [9.17, 15) is 19.8 Å². The molecule has 1 fully saturated rings. The Balaban J connectivity index is 1.92. The maximum atomic E-state index is 11.1. The SMILES string of the molecule is CC(=O)/C=C/C[C@@H](O)CC1(O)CCC2(C=CC(=O)C=C2)O1. The molecule has 0 radical (unpaired) electrons. The molecule has 0 bridgehead atoms. The molecule has 21 heavy (non-hydrogen) atoms. The van der Waals surface area contributed by atoms with Crippen LogP contribution in [0.5, 0.6) is 0 Å². The van der Waals surface area contributed by atoms with Gasteiger partial charge in [0.2, 0.25) is 0 Å². The molecule has 114 valence electrons. The maximum Gasteiger partial charge on any atom is 0.178 e. The summed E-state index contributed by atoms with van der Waals surface area (Å²) in [4.78, 5) is 21.9. The number of allylic oxidation sites excluding steroid dienone is 3. The number of carbonyl (C=O) groups is 2. The minimum Gasteiger partial charge on any atom is -0.393 e. The van der Waals surface area contributed by atoms with Crippen LogP contribution in [0.4, 0.5) is 0 Å². The standard InChI is InChI=1S/C16H20O5/c1-12(17)3-2-4-14(19)11-16(20)10-9-15(21-16)7-5-13(18)6-8-15/h2-3,5-8,14,19-20H,4,9-11H2,1H3/b3-2+/t14-,16?/m1/s1. The van der Waals surface area contributed by atoms with Crippen LogP contribution in [0.1, 0.15) is 32.6 Å². The van der Waals surface area contributed by atoms with Gasteiger partial charge < -0.3 is 14.9 Å². The first kappa shape index (κ1) is 15.8. The van der Waals surface area contributed by atoms with E-state index < -0.39 is 17.5 Å². The summed E-state index contributed by atoms with van der Waals surface area (Å²) in [6.45, 7) is 1.43. The van der Waals surface area contributed by atoms with Crippen molar-refractivity contribution in [1.82, 2.24) is 0 Å². The molecule has 2 rings (SSSR count). The molecule has 1 aliphatic carbocycles. The zero-order valence-electron chi connectivity index (χ0n) is 12.0. The minimum absolute atomic E-state index is 0.0621. The normalized spacial score (nSPS) is 28.6. The molecule has 1 saturated heterocycles. The Morgan fingerprint density at radius 2 is 2.10 bits per heavy atom. The Hall–Kier alpha value is -1.56. The van der Waals surface area contributed by atoms with Crippen LogP contribution >= 0.6 is 0 Å². The summed E-state index contributed by atoms with van der Waals surface area (Å²) in [5.41, 5.74) is -0.752. The molecule has 0 amide bonds. The van der Waals surface area contributed by atoms with Crippen LogP contribution < -0.4 is 0 Å². The van der Waals surface area contributed by atoms with Gasteiger partial charge in [-0.15, -0.1) is 0 Å². The van der Waals surface area contributed by atoms with Gasteiger partial charge in [0.1, 0.15) is 5.60 Å². The van der Waals surface area contributed by atoms with E-state index in [0.717, 1.165) is 0 Å². The third-order valence-electron chi connectivity index (χ3n) is 3.66. The predicted octanol–water partition coefficient (Wildman–Crippen LogP) is 1.21. The van der Waals surface area contributed by atoms with E-state index in [1.165, 1.54) is 25.2 Å². The van der Waals surface area contributed by atoms with Crippen LogP contribution in [-0.2, 0) is 14.3 Å². The van der Waals surface area contributed by atoms with Gasteiger partial charge in [0, 0.05) is 12.8 Å². The maximum absolute atomic E-state index is 11.1. The van der Waals surface area contributed by atoms with E-state index in [1.54, 1.807) is 18.2 Å². The molecule has 1 spiro atoms. The van der Waals surface area contributed by atoms with Crippen molar-refractivity contribution in [3.05, 3.63) is 36.5 Å². The van der Waals surface area contributed by atoms with E-state index in [1.807, 2.05) is 0 Å². The number of ketones is 2. The van der Waals surface area contributed by atoms with Crippen molar-refractivity contribution >= 4 is 11.6 Å². The molecular weight excluding hydrogens is 272 g/mol. The van der Waals surface area contributed by atoms with E-state index in [-0.39, 0.29) is 24.4 Å². The van der Waals surface area contributed by atoms with Gasteiger partial charge in [-0.2, -0.15) is 0 Å². The number of aliphatic hydroxyl groups is 2. The van der Waals surface area contributed by atoms with Crippen molar-refractivity contribution in [2.45, 2.75) is 50.1 Å². The van der Waals surface area contributed by atoms with Crippen LogP contribution in [0.15, 0.2) is 36.5 Å². The highest BCUT2D eigenvalue weighted by molar-refractivity contribution is 6.00. The zero-order valence-corrected chi connectivity index (χ0v) is 12.0. The third-order valence-corrected chi connectivity index (χ3v) is 3.66. The lowest BCUT2D eigenvalue weighted by Crippen LogP contribution is -2.37. The number of rotatable bonds is 5. The molecular formula is C16H20O5. The second-order valence-electron chi connectivity index (χ2n) is 5.68. The molecule has 5 nitrogen and oxygen atoms in total. The summed E-state index contributed by atoms with van der Waals surface area (Å²) >= 11 is 0. The number of hydrogen-bond donors (Lipinski definition) is 2. The monoisotopic (exact) mass is 292 g/mol. The quantitative estimate of drug-likeness (QED) is 0.744. The molecule has 2 atom stereocenters. The number of aliphatic hydroxyl groups excluding tert-OH is 1. The molecule has 0 aromatic heterocycles. The first-order valence-corrected chi connectivity index (χ1v) is 7.03. The van der Waals surface area contributed by atoms with Gasteiger partial charge in [-0.05, 0) is 50.1 Å². The average Bonchev–Trinajstić information content (AvgIpc) is 2.70. The molecule has 0 aromatic rings. The van der Waals surface area contributed by atoms with Crippen molar-refractivity contribution in [1.29, 1.82) is 0 Å². The number of carbonyl (C=O) groups excluding carboxylic acids is 2. The summed E-state index contributed by atoms with van der Waals surface area (Å²) in [6, 6.07) is 0. The Kier molecular flexibility index (Phi) is 4.56. The fourth-order valence-corrected chi connectivity index (χ4v) is 2.62. The van der Waals surface area contributed by atoms with E-state index >= 15 is 0 Å². The van der Waals surface area contributed by atoms with Gasteiger partial charge in [0.25, 0.3) is 0 Å². The lowest BCUT2D eigenvalue weighted by Gasteiger charge is -2.30. The van der Waals surface area contributed by atoms with Gasteiger partial charge in [-0.25, -0.2) is 0 Å². The average molecular weight is 292 g/mol. The molecule has 0 saturated carbocycles. The predicted molar refractivity (Wildman–Crippen MR) is 76.3 cm³/mol. The topological polar surface area (TPSA) is 83.8 Å². The van der Waals surface area contributed by atoms with Crippen LogP contribution in [-0.4, -0.2) is 39.3 Å². The second-order valence-corrected chi connectivity index (χ2v) is 5.68. The summed E-state index contributed by atoms with van der Waals surface area (Å²) in [7, 11) is 0. The van der Waals surface area contributed by atoms with E-state index in [4.69, 9.17) is 4.74 Å². The van der Waals surface area contributed by atoms with Crippen molar-refractivity contribution in [3.8, 4) is 0 Å². The van der Waals surface area contributed by atoms with Crippen molar-refractivity contribution in [2.24, 2.45) is 0 Å². The molecule has 0 aromatic carbocycles. The second kappa shape index (κ2) is 6.05. The van der Waals surface area contributed by atoms with E-state index in [0.29, 0.717) is 12.8 Å². The Morgan fingerprint density at radius 1 is 1.43 bits per heavy atom. The molecule has 2 N–H and O–H groups in total. The van der Waals surface area contributed by atoms with Gasteiger partial charge in [-0.1, -0.05) is 6.08 Å². The molecule has 2 aliphatic rings. The number of ether oxygens (including phenoxy) is 1. The van der Waals surface area contributed by atoms with Crippen molar-refractivity contribution in [2.75, 3.05) is 0 Å². The molecule has 5 heteroatoms. The fraction of sp³-hybridized carbons (Fsp3) is 0.500. The largest absolute Gasteiger partial charge is 0.393 e.